The van der Waals surface area contributed by atoms with E-state index in [-0.39, 0.29) is 11.7 Å². The highest BCUT2D eigenvalue weighted by Gasteiger charge is 2.33. The second-order valence-corrected chi connectivity index (χ2v) is 7.49. The number of carbonyl (C=O) groups is 1. The molecule has 4 rings (SSSR count). The number of anilines is 2. The lowest BCUT2D eigenvalue weighted by molar-refractivity contribution is -0.113. The molecule has 0 aromatic heterocycles. The fourth-order valence-corrected chi connectivity index (χ4v) is 3.43. The molecule has 0 unspecified atom stereocenters. The van der Waals surface area contributed by atoms with Crippen LogP contribution in [0.2, 0.25) is 5.02 Å². The van der Waals surface area contributed by atoms with Gasteiger partial charge in [-0.05, 0) is 60.2 Å². The lowest BCUT2D eigenvalue weighted by Crippen LogP contribution is -2.32. The zero-order valence-corrected chi connectivity index (χ0v) is 17.3. The number of hydrogen-bond donors (Lipinski definition) is 1. The van der Waals surface area contributed by atoms with Gasteiger partial charge >= 0.3 is 0 Å². The zero-order valence-electron chi connectivity index (χ0n) is 16.6. The van der Waals surface area contributed by atoms with Gasteiger partial charge in [-0.2, -0.15) is 0 Å². The molecule has 1 aliphatic heterocycles. The Kier molecular flexibility index (Phi) is 5.29. The van der Waals surface area contributed by atoms with Crippen LogP contribution < -0.4 is 9.80 Å². The van der Waals surface area contributed by atoms with Gasteiger partial charge in [0.15, 0.2) is 0 Å². The van der Waals surface area contributed by atoms with Crippen molar-refractivity contribution in [2.24, 2.45) is 4.99 Å². The van der Waals surface area contributed by atoms with E-state index in [0.29, 0.717) is 27.8 Å². The van der Waals surface area contributed by atoms with E-state index in [2.05, 4.69) is 4.99 Å². The summed E-state index contributed by atoms with van der Waals surface area (Å²) < 4.78 is 0. The van der Waals surface area contributed by atoms with Gasteiger partial charge in [0.25, 0.3) is 5.91 Å². The zero-order chi connectivity index (χ0) is 21.3. The van der Waals surface area contributed by atoms with Crippen LogP contribution in [0.4, 0.5) is 11.4 Å². The first-order valence-corrected chi connectivity index (χ1v) is 9.78. The predicted molar refractivity (Wildman–Crippen MR) is 122 cm³/mol. The number of hydrogen-bond acceptors (Lipinski definition) is 4. The average Bonchev–Trinajstić information content (AvgIpc) is 3.05. The van der Waals surface area contributed by atoms with E-state index in [4.69, 9.17) is 11.6 Å². The molecule has 3 aromatic rings. The Hall–Kier alpha value is -3.57. The fourth-order valence-electron chi connectivity index (χ4n) is 3.21. The minimum absolute atomic E-state index is 0.123. The Labute approximate surface area is 180 Å². The summed E-state index contributed by atoms with van der Waals surface area (Å²) in [6, 6.07) is 21.6. The second-order valence-electron chi connectivity index (χ2n) is 7.09. The molecule has 1 amide bonds. The summed E-state index contributed by atoms with van der Waals surface area (Å²) in [6.07, 6.45) is 1.76. The topological polar surface area (TPSA) is 56.1 Å². The highest BCUT2D eigenvalue weighted by atomic mass is 35.5. The summed E-state index contributed by atoms with van der Waals surface area (Å²) >= 11 is 6.40. The molecular formula is C24H20ClN3O2. The lowest BCUT2D eigenvalue weighted by Gasteiger charge is -2.19. The van der Waals surface area contributed by atoms with Crippen LogP contribution >= 0.6 is 11.6 Å². The van der Waals surface area contributed by atoms with Crippen molar-refractivity contribution < 1.29 is 9.90 Å². The molecule has 0 saturated carbocycles. The van der Waals surface area contributed by atoms with Crippen LogP contribution in [0.15, 0.2) is 83.5 Å². The van der Waals surface area contributed by atoms with E-state index >= 15 is 0 Å². The summed E-state index contributed by atoms with van der Waals surface area (Å²) in [5.74, 6) is 0.318. The van der Waals surface area contributed by atoms with E-state index in [0.717, 1.165) is 11.3 Å². The summed E-state index contributed by atoms with van der Waals surface area (Å²) in [5, 5.41) is 10.1. The molecule has 1 heterocycles. The van der Waals surface area contributed by atoms with Crippen LogP contribution in [0.25, 0.3) is 6.08 Å². The number of aromatic hydroxyl groups is 1. The molecule has 5 nitrogen and oxygen atoms in total. The van der Waals surface area contributed by atoms with Crippen molar-refractivity contribution in [3.05, 3.63) is 94.6 Å². The van der Waals surface area contributed by atoms with Gasteiger partial charge in [0.2, 0.25) is 0 Å². The third-order valence-electron chi connectivity index (χ3n) is 4.80. The SMILES string of the molecule is CN(C)c1ccc(/C=C2/N=C(c3ccccc3Cl)N(c3ccc(O)cc3)C2=O)cc1. The Bertz CT molecular complexity index is 1150. The van der Waals surface area contributed by atoms with Crippen LogP contribution in [-0.2, 0) is 4.79 Å². The lowest BCUT2D eigenvalue weighted by atomic mass is 10.1. The third-order valence-corrected chi connectivity index (χ3v) is 5.13. The fraction of sp³-hybridized carbons (Fsp3) is 0.0833. The van der Waals surface area contributed by atoms with E-state index in [1.54, 1.807) is 24.3 Å². The largest absolute Gasteiger partial charge is 0.508 e. The molecule has 0 aliphatic carbocycles. The number of rotatable bonds is 4. The average molecular weight is 418 g/mol. The van der Waals surface area contributed by atoms with Crippen LogP contribution in [0.5, 0.6) is 5.75 Å². The molecule has 0 atom stereocenters. The molecule has 0 fully saturated rings. The van der Waals surface area contributed by atoms with Gasteiger partial charge in [-0.15, -0.1) is 0 Å². The summed E-state index contributed by atoms with van der Waals surface area (Å²) in [6.45, 7) is 0. The van der Waals surface area contributed by atoms with Crippen molar-refractivity contribution in [1.29, 1.82) is 0 Å². The van der Waals surface area contributed by atoms with Crippen molar-refractivity contribution in [2.75, 3.05) is 23.9 Å². The first kappa shape index (κ1) is 19.7. The molecule has 0 bridgehead atoms. The maximum Gasteiger partial charge on any atom is 0.282 e. The molecule has 0 radical (unpaired) electrons. The molecule has 1 aliphatic rings. The van der Waals surface area contributed by atoms with Crippen LogP contribution in [0.3, 0.4) is 0 Å². The van der Waals surface area contributed by atoms with Crippen molar-refractivity contribution in [3.8, 4) is 5.75 Å². The van der Waals surface area contributed by atoms with Crippen LogP contribution in [-0.4, -0.2) is 30.9 Å². The minimum Gasteiger partial charge on any atom is -0.508 e. The number of phenolic OH excluding ortho intramolecular Hbond substituents is 1. The number of aliphatic imine (C=N–C) groups is 1. The number of nitrogens with zero attached hydrogens (tertiary/aromatic N) is 3. The maximum atomic E-state index is 13.3. The number of amidine groups is 1. The van der Waals surface area contributed by atoms with Crippen LogP contribution in [0.1, 0.15) is 11.1 Å². The normalized spacial score (nSPS) is 14.9. The summed E-state index contributed by atoms with van der Waals surface area (Å²) in [5.41, 5.74) is 3.52. The Balaban J connectivity index is 1.79. The smallest absolute Gasteiger partial charge is 0.282 e. The first-order valence-electron chi connectivity index (χ1n) is 9.40. The van der Waals surface area contributed by atoms with Crippen molar-refractivity contribution in [2.45, 2.75) is 0 Å². The quantitative estimate of drug-likeness (QED) is 0.611. The number of phenols is 1. The van der Waals surface area contributed by atoms with E-state index in [1.165, 1.54) is 17.0 Å². The molecular weight excluding hydrogens is 398 g/mol. The molecule has 0 spiro atoms. The molecule has 6 heteroatoms. The van der Waals surface area contributed by atoms with E-state index in [9.17, 15) is 9.90 Å². The molecule has 0 saturated heterocycles. The van der Waals surface area contributed by atoms with Crippen molar-refractivity contribution in [1.82, 2.24) is 0 Å². The molecule has 30 heavy (non-hydrogen) atoms. The predicted octanol–water partition coefficient (Wildman–Crippen LogP) is 4.95. The van der Waals surface area contributed by atoms with E-state index < -0.39 is 0 Å². The monoisotopic (exact) mass is 417 g/mol. The molecule has 1 N–H and O–H groups in total. The highest BCUT2D eigenvalue weighted by molar-refractivity contribution is 6.39. The van der Waals surface area contributed by atoms with Crippen LogP contribution in [0, 0.1) is 0 Å². The van der Waals surface area contributed by atoms with Gasteiger partial charge in [-0.3, -0.25) is 9.69 Å². The van der Waals surface area contributed by atoms with Gasteiger partial charge in [-0.1, -0.05) is 35.9 Å². The number of benzene rings is 3. The van der Waals surface area contributed by atoms with Gasteiger partial charge in [0.05, 0.1) is 10.7 Å². The Morgan fingerprint density at radius 2 is 1.63 bits per heavy atom. The van der Waals surface area contributed by atoms with Gasteiger partial charge in [0.1, 0.15) is 17.3 Å². The maximum absolute atomic E-state index is 13.3. The minimum atomic E-state index is -0.257. The van der Waals surface area contributed by atoms with Gasteiger partial charge < -0.3 is 10.0 Å². The summed E-state index contributed by atoms with van der Waals surface area (Å²) in [4.78, 5) is 21.5. The van der Waals surface area contributed by atoms with Crippen molar-refractivity contribution >= 4 is 40.8 Å². The standard InChI is InChI=1S/C24H20ClN3O2/c1-27(2)17-9-7-16(8-10-17)15-22-24(30)28(18-11-13-19(29)14-12-18)23(26-22)20-5-3-4-6-21(20)25/h3-15,29H,1-2H3/b22-15+. The molecule has 3 aromatic carbocycles. The van der Waals surface area contributed by atoms with Gasteiger partial charge in [-0.25, -0.2) is 4.99 Å². The highest BCUT2D eigenvalue weighted by Crippen LogP contribution is 2.31. The Morgan fingerprint density at radius 1 is 0.967 bits per heavy atom. The molecule has 150 valence electrons. The number of halogens is 1. The van der Waals surface area contributed by atoms with Crippen molar-refractivity contribution in [3.63, 3.8) is 0 Å². The Morgan fingerprint density at radius 3 is 2.27 bits per heavy atom. The third kappa shape index (κ3) is 3.80. The second kappa shape index (κ2) is 8.05. The van der Waals surface area contributed by atoms with E-state index in [1.807, 2.05) is 61.5 Å². The first-order chi connectivity index (χ1) is 14.4. The number of carbonyl (C=O) groups excluding carboxylic acids is 1. The summed E-state index contributed by atoms with van der Waals surface area (Å²) in [7, 11) is 3.95. The van der Waals surface area contributed by atoms with Gasteiger partial charge in [0, 0.05) is 25.3 Å². The number of amides is 1.